The van der Waals surface area contributed by atoms with Gasteiger partial charge in [-0.05, 0) is 24.5 Å². The molecule has 0 aromatic carbocycles. The van der Waals surface area contributed by atoms with Crippen LogP contribution >= 0.6 is 11.3 Å². The van der Waals surface area contributed by atoms with Crippen LogP contribution in [-0.4, -0.2) is 46.9 Å². The van der Waals surface area contributed by atoms with Crippen molar-refractivity contribution in [3.05, 3.63) is 39.7 Å². The van der Waals surface area contributed by atoms with Crippen molar-refractivity contribution in [3.8, 4) is 6.07 Å². The fourth-order valence-electron chi connectivity index (χ4n) is 3.01. The summed E-state index contributed by atoms with van der Waals surface area (Å²) in [5.41, 5.74) is 3.42. The van der Waals surface area contributed by atoms with Gasteiger partial charge >= 0.3 is 5.97 Å². The minimum atomic E-state index is -0.343. The SMILES string of the molecule is COC(=O)Cc1cnc(NC(=O)CN2CCc3c(cnc(C)c3C#N)C2)s1. The second-order valence-electron chi connectivity index (χ2n) is 6.23. The maximum Gasteiger partial charge on any atom is 0.310 e. The molecule has 0 unspecified atom stereocenters. The van der Waals surface area contributed by atoms with E-state index in [1.165, 1.54) is 18.4 Å². The van der Waals surface area contributed by atoms with Gasteiger partial charge in [0.05, 0.1) is 31.3 Å². The molecule has 1 aliphatic rings. The van der Waals surface area contributed by atoms with Crippen molar-refractivity contribution >= 4 is 28.3 Å². The van der Waals surface area contributed by atoms with Gasteiger partial charge in [-0.2, -0.15) is 5.26 Å². The number of fused-ring (bicyclic) bond motifs is 1. The molecule has 0 saturated carbocycles. The van der Waals surface area contributed by atoms with Gasteiger partial charge < -0.3 is 10.1 Å². The normalized spacial score (nSPS) is 13.5. The molecular formula is C18H19N5O3S. The summed E-state index contributed by atoms with van der Waals surface area (Å²) in [5, 5.41) is 12.5. The smallest absolute Gasteiger partial charge is 0.310 e. The van der Waals surface area contributed by atoms with Crippen molar-refractivity contribution in [2.45, 2.75) is 26.3 Å². The second-order valence-corrected chi connectivity index (χ2v) is 7.34. The largest absolute Gasteiger partial charge is 0.469 e. The van der Waals surface area contributed by atoms with E-state index in [9.17, 15) is 14.9 Å². The van der Waals surface area contributed by atoms with Crippen LogP contribution in [0.2, 0.25) is 0 Å². The number of pyridine rings is 1. The third kappa shape index (κ3) is 4.48. The molecule has 1 aliphatic heterocycles. The summed E-state index contributed by atoms with van der Waals surface area (Å²) in [7, 11) is 1.33. The van der Waals surface area contributed by atoms with Crippen LogP contribution in [0.5, 0.6) is 0 Å². The van der Waals surface area contributed by atoms with E-state index in [-0.39, 0.29) is 24.8 Å². The minimum absolute atomic E-state index is 0.139. The van der Waals surface area contributed by atoms with E-state index in [1.54, 1.807) is 12.4 Å². The summed E-state index contributed by atoms with van der Waals surface area (Å²) in [5.74, 6) is -0.512. The highest BCUT2D eigenvalue weighted by Crippen LogP contribution is 2.23. The summed E-state index contributed by atoms with van der Waals surface area (Å²) in [6.45, 7) is 3.34. The summed E-state index contributed by atoms with van der Waals surface area (Å²) in [6, 6.07) is 2.23. The van der Waals surface area contributed by atoms with Gasteiger partial charge in [0.1, 0.15) is 6.07 Å². The molecule has 8 nitrogen and oxygen atoms in total. The van der Waals surface area contributed by atoms with Crippen LogP contribution in [0.15, 0.2) is 12.4 Å². The van der Waals surface area contributed by atoms with Crippen LogP contribution in [0.4, 0.5) is 5.13 Å². The molecule has 0 atom stereocenters. The molecule has 3 heterocycles. The molecule has 2 aromatic heterocycles. The molecule has 27 heavy (non-hydrogen) atoms. The molecule has 3 rings (SSSR count). The van der Waals surface area contributed by atoms with Gasteiger partial charge in [0.2, 0.25) is 5.91 Å². The molecule has 140 valence electrons. The van der Waals surface area contributed by atoms with Crippen LogP contribution in [0.25, 0.3) is 0 Å². The number of nitrogens with one attached hydrogen (secondary N) is 1. The van der Waals surface area contributed by atoms with Crippen molar-refractivity contribution in [1.82, 2.24) is 14.9 Å². The quantitative estimate of drug-likeness (QED) is 0.776. The maximum absolute atomic E-state index is 12.3. The van der Waals surface area contributed by atoms with E-state index < -0.39 is 0 Å². The van der Waals surface area contributed by atoms with Gasteiger partial charge in [-0.3, -0.25) is 19.5 Å². The second kappa shape index (κ2) is 8.24. The molecule has 1 amide bonds. The molecule has 0 bridgehead atoms. The molecule has 2 aromatic rings. The number of aryl methyl sites for hydroxylation is 1. The molecule has 0 aliphatic carbocycles. The van der Waals surface area contributed by atoms with Crippen LogP contribution in [-0.2, 0) is 33.7 Å². The highest BCUT2D eigenvalue weighted by Gasteiger charge is 2.22. The molecule has 9 heteroatoms. The Hall–Kier alpha value is -2.83. The third-order valence-electron chi connectivity index (χ3n) is 4.36. The Balaban J connectivity index is 1.58. The lowest BCUT2D eigenvalue weighted by molar-refractivity contribution is -0.139. The Morgan fingerprint density at radius 3 is 2.96 bits per heavy atom. The number of carbonyl (C=O) groups is 2. The van der Waals surface area contributed by atoms with Gasteiger partial charge in [-0.25, -0.2) is 4.98 Å². The van der Waals surface area contributed by atoms with Crippen LogP contribution in [0, 0.1) is 18.3 Å². The topological polar surface area (TPSA) is 108 Å². The zero-order valence-corrected chi connectivity index (χ0v) is 15.9. The van der Waals surface area contributed by atoms with E-state index in [1.807, 2.05) is 11.8 Å². The van der Waals surface area contributed by atoms with Gasteiger partial charge in [0.25, 0.3) is 0 Å². The fourth-order valence-corrected chi connectivity index (χ4v) is 3.83. The predicted octanol–water partition coefficient (Wildman–Crippen LogP) is 1.43. The summed E-state index contributed by atoms with van der Waals surface area (Å²) in [4.78, 5) is 34.7. The zero-order valence-electron chi connectivity index (χ0n) is 15.1. The summed E-state index contributed by atoms with van der Waals surface area (Å²) >= 11 is 1.25. The van der Waals surface area contributed by atoms with Crippen molar-refractivity contribution < 1.29 is 14.3 Å². The van der Waals surface area contributed by atoms with E-state index in [2.05, 4.69) is 26.1 Å². The number of esters is 1. The lowest BCUT2D eigenvalue weighted by Crippen LogP contribution is -2.37. The molecule has 0 saturated heterocycles. The summed E-state index contributed by atoms with van der Waals surface area (Å²) < 4.78 is 4.62. The number of rotatable bonds is 5. The molecule has 0 spiro atoms. The Morgan fingerprint density at radius 2 is 2.22 bits per heavy atom. The number of ether oxygens (including phenoxy) is 1. The van der Waals surface area contributed by atoms with E-state index >= 15 is 0 Å². The highest BCUT2D eigenvalue weighted by atomic mass is 32.1. The lowest BCUT2D eigenvalue weighted by atomic mass is 9.96. The zero-order chi connectivity index (χ0) is 19.4. The fraction of sp³-hybridized carbons (Fsp3) is 0.389. The Morgan fingerprint density at radius 1 is 1.41 bits per heavy atom. The Kier molecular flexibility index (Phi) is 5.78. The molecule has 0 radical (unpaired) electrons. The monoisotopic (exact) mass is 385 g/mol. The van der Waals surface area contributed by atoms with E-state index in [4.69, 9.17) is 0 Å². The van der Waals surface area contributed by atoms with E-state index in [0.29, 0.717) is 23.8 Å². The first-order valence-electron chi connectivity index (χ1n) is 8.41. The molecule has 1 N–H and O–H groups in total. The standard InChI is InChI=1S/C18H19N5O3S/c1-11-15(6-19)14-3-4-23(9-12(14)7-20-11)10-16(24)22-18-21-8-13(27-18)5-17(25)26-2/h7-8H,3-5,9-10H2,1-2H3,(H,21,22,24). The number of thiazole rings is 1. The lowest BCUT2D eigenvalue weighted by Gasteiger charge is -2.28. The van der Waals surface area contributed by atoms with Crippen molar-refractivity contribution in [1.29, 1.82) is 5.26 Å². The van der Waals surface area contributed by atoms with Gasteiger partial charge in [-0.15, -0.1) is 11.3 Å². The van der Waals surface area contributed by atoms with Crippen molar-refractivity contribution in [3.63, 3.8) is 0 Å². The van der Waals surface area contributed by atoms with Crippen molar-refractivity contribution in [2.24, 2.45) is 0 Å². The number of methoxy groups -OCH3 is 1. The number of aromatic nitrogens is 2. The van der Waals surface area contributed by atoms with Crippen LogP contribution in [0.1, 0.15) is 27.3 Å². The average Bonchev–Trinajstić information content (AvgIpc) is 3.08. The average molecular weight is 385 g/mol. The number of nitrogens with zero attached hydrogens (tertiary/aromatic N) is 4. The predicted molar refractivity (Wildman–Crippen MR) is 99.1 cm³/mol. The number of hydrogen-bond donors (Lipinski definition) is 1. The Bertz CT molecular complexity index is 918. The number of hydrogen-bond acceptors (Lipinski definition) is 8. The van der Waals surface area contributed by atoms with E-state index in [0.717, 1.165) is 28.1 Å². The number of amides is 1. The number of nitriles is 1. The number of anilines is 1. The summed E-state index contributed by atoms with van der Waals surface area (Å²) in [6.07, 6.45) is 4.21. The first-order valence-corrected chi connectivity index (χ1v) is 9.23. The number of carbonyl (C=O) groups excluding carboxylic acids is 2. The Labute approximate surface area is 160 Å². The first kappa shape index (κ1) is 18.9. The van der Waals surface area contributed by atoms with Gasteiger partial charge in [-0.1, -0.05) is 0 Å². The molecular weight excluding hydrogens is 366 g/mol. The van der Waals surface area contributed by atoms with Gasteiger partial charge in [0, 0.05) is 30.4 Å². The van der Waals surface area contributed by atoms with Crippen LogP contribution in [0.3, 0.4) is 0 Å². The molecule has 0 fully saturated rings. The van der Waals surface area contributed by atoms with Crippen LogP contribution < -0.4 is 5.32 Å². The first-order chi connectivity index (χ1) is 13.0. The highest BCUT2D eigenvalue weighted by molar-refractivity contribution is 7.15. The maximum atomic E-state index is 12.3. The van der Waals surface area contributed by atoms with Crippen molar-refractivity contribution in [2.75, 3.05) is 25.5 Å². The minimum Gasteiger partial charge on any atom is -0.469 e. The van der Waals surface area contributed by atoms with Gasteiger partial charge in [0.15, 0.2) is 5.13 Å². The third-order valence-corrected chi connectivity index (χ3v) is 5.28.